The predicted molar refractivity (Wildman–Crippen MR) is 88.4 cm³/mol. The van der Waals surface area contributed by atoms with Crippen LogP contribution in [-0.4, -0.2) is 23.7 Å². The van der Waals surface area contributed by atoms with Crippen LogP contribution < -0.4 is 15.4 Å². The Morgan fingerprint density at radius 3 is 2.68 bits per heavy atom. The van der Waals surface area contributed by atoms with Crippen molar-refractivity contribution in [1.29, 1.82) is 0 Å². The fourth-order valence-electron chi connectivity index (χ4n) is 1.81. The van der Waals surface area contributed by atoms with Crippen LogP contribution in [0, 0.1) is 13.8 Å². The highest BCUT2D eigenvalue weighted by Crippen LogP contribution is 2.12. The van der Waals surface area contributed by atoms with Crippen LogP contribution in [0.2, 0.25) is 0 Å². The molecule has 6 heteroatoms. The third-order valence-electron chi connectivity index (χ3n) is 2.97. The Balaban J connectivity index is 1.68. The molecule has 0 fully saturated rings. The second kappa shape index (κ2) is 7.79. The number of ether oxygens (including phenoxy) is 1. The van der Waals surface area contributed by atoms with Crippen LogP contribution in [0.1, 0.15) is 22.4 Å². The van der Waals surface area contributed by atoms with E-state index in [1.54, 1.807) is 17.5 Å². The molecule has 2 rings (SSSR count). The molecule has 1 aromatic carbocycles. The quantitative estimate of drug-likeness (QED) is 0.860. The minimum Gasteiger partial charge on any atom is -0.491 e. The van der Waals surface area contributed by atoms with Gasteiger partial charge in [0.1, 0.15) is 17.4 Å². The lowest BCUT2D eigenvalue weighted by Crippen LogP contribution is -2.42. The number of carbonyl (C=O) groups is 1. The van der Waals surface area contributed by atoms with E-state index in [4.69, 9.17) is 4.74 Å². The summed E-state index contributed by atoms with van der Waals surface area (Å²) in [6, 6.07) is 7.54. The van der Waals surface area contributed by atoms with E-state index in [0.717, 1.165) is 15.6 Å². The highest BCUT2D eigenvalue weighted by molar-refractivity contribution is 7.11. The lowest BCUT2D eigenvalue weighted by Gasteiger charge is -2.15. The van der Waals surface area contributed by atoms with Crippen molar-refractivity contribution in [3.05, 3.63) is 45.9 Å². The molecule has 2 amide bonds. The van der Waals surface area contributed by atoms with Gasteiger partial charge in [0.05, 0.1) is 12.6 Å². The summed E-state index contributed by atoms with van der Waals surface area (Å²) in [5.74, 6) is 0.804. The monoisotopic (exact) mass is 319 g/mol. The van der Waals surface area contributed by atoms with Gasteiger partial charge in [-0.05, 0) is 32.9 Å². The van der Waals surface area contributed by atoms with Gasteiger partial charge >= 0.3 is 6.03 Å². The molecule has 2 aromatic rings. The molecule has 1 aromatic heterocycles. The van der Waals surface area contributed by atoms with Gasteiger partial charge in [0, 0.05) is 11.1 Å². The molecule has 2 N–H and O–H groups in total. The minimum absolute atomic E-state index is 0.0839. The number of amides is 2. The van der Waals surface area contributed by atoms with Crippen molar-refractivity contribution in [2.45, 2.75) is 33.4 Å². The second-order valence-electron chi connectivity index (χ2n) is 5.22. The molecule has 0 bridgehead atoms. The molecule has 0 spiro atoms. The van der Waals surface area contributed by atoms with Crippen LogP contribution in [0.4, 0.5) is 4.79 Å². The van der Waals surface area contributed by atoms with Crippen LogP contribution in [-0.2, 0) is 6.54 Å². The fraction of sp³-hybridized carbons (Fsp3) is 0.375. The predicted octanol–water partition coefficient (Wildman–Crippen LogP) is 3.03. The van der Waals surface area contributed by atoms with Crippen molar-refractivity contribution < 1.29 is 9.53 Å². The zero-order valence-electron chi connectivity index (χ0n) is 13.1. The number of nitrogens with zero attached hydrogens (tertiary/aromatic N) is 1. The molecule has 0 aliphatic heterocycles. The Labute approximate surface area is 134 Å². The highest BCUT2D eigenvalue weighted by Gasteiger charge is 2.08. The van der Waals surface area contributed by atoms with E-state index >= 15 is 0 Å². The number of hydrogen-bond donors (Lipinski definition) is 2. The van der Waals surface area contributed by atoms with Crippen molar-refractivity contribution in [2.75, 3.05) is 6.61 Å². The number of rotatable bonds is 6. The summed E-state index contributed by atoms with van der Waals surface area (Å²) in [5, 5.41) is 6.53. The summed E-state index contributed by atoms with van der Waals surface area (Å²) in [6.07, 6.45) is 1.80. The van der Waals surface area contributed by atoms with E-state index in [1.807, 2.05) is 45.0 Å². The SMILES string of the molecule is Cc1ccc(OC[C@H](C)NC(=O)NCc2ncc(C)s2)cc1. The summed E-state index contributed by atoms with van der Waals surface area (Å²) in [6.45, 7) is 6.79. The van der Waals surface area contributed by atoms with Gasteiger partial charge in [-0.2, -0.15) is 0 Å². The van der Waals surface area contributed by atoms with Crippen molar-refractivity contribution in [3.8, 4) is 5.75 Å². The molecule has 5 nitrogen and oxygen atoms in total. The maximum absolute atomic E-state index is 11.8. The number of thiazole rings is 1. The first-order chi connectivity index (χ1) is 10.5. The number of aromatic nitrogens is 1. The Morgan fingerprint density at radius 1 is 1.32 bits per heavy atom. The average molecular weight is 319 g/mol. The first-order valence-electron chi connectivity index (χ1n) is 7.18. The Bertz CT molecular complexity index is 610. The number of nitrogens with one attached hydrogen (secondary N) is 2. The molecule has 0 radical (unpaired) electrons. The summed E-state index contributed by atoms with van der Waals surface area (Å²) in [5.41, 5.74) is 1.19. The second-order valence-corrected chi connectivity index (χ2v) is 6.54. The first kappa shape index (κ1) is 16.3. The normalized spacial score (nSPS) is 11.8. The molecule has 1 heterocycles. The highest BCUT2D eigenvalue weighted by atomic mass is 32.1. The number of carbonyl (C=O) groups excluding carboxylic acids is 1. The van der Waals surface area contributed by atoms with E-state index in [1.165, 1.54) is 5.56 Å². The van der Waals surface area contributed by atoms with Crippen molar-refractivity contribution in [2.24, 2.45) is 0 Å². The Morgan fingerprint density at radius 2 is 2.05 bits per heavy atom. The topological polar surface area (TPSA) is 63.2 Å². The van der Waals surface area contributed by atoms with Crippen molar-refractivity contribution in [3.63, 3.8) is 0 Å². The third-order valence-corrected chi connectivity index (χ3v) is 3.88. The molecular weight excluding hydrogens is 298 g/mol. The van der Waals surface area contributed by atoms with E-state index in [2.05, 4.69) is 15.6 Å². The first-order valence-corrected chi connectivity index (χ1v) is 7.99. The summed E-state index contributed by atoms with van der Waals surface area (Å²) in [7, 11) is 0. The largest absolute Gasteiger partial charge is 0.491 e. The zero-order valence-corrected chi connectivity index (χ0v) is 13.9. The average Bonchev–Trinajstić information content (AvgIpc) is 2.90. The van der Waals surface area contributed by atoms with Gasteiger partial charge in [-0.1, -0.05) is 17.7 Å². The Hall–Kier alpha value is -2.08. The van der Waals surface area contributed by atoms with E-state index in [9.17, 15) is 4.79 Å². The smallest absolute Gasteiger partial charge is 0.315 e. The van der Waals surface area contributed by atoms with Gasteiger partial charge in [0.2, 0.25) is 0 Å². The summed E-state index contributed by atoms with van der Waals surface area (Å²) in [4.78, 5) is 17.1. The standard InChI is InChI=1S/C16H21N3O2S/c1-11-4-6-14(7-5-11)21-10-12(2)19-16(20)18-9-15-17-8-13(3)22-15/h4-8,12H,9-10H2,1-3H3,(H2,18,19,20)/t12-/m0/s1. The molecule has 0 aliphatic rings. The van der Waals surface area contributed by atoms with Crippen LogP contribution >= 0.6 is 11.3 Å². The van der Waals surface area contributed by atoms with Crippen molar-refractivity contribution >= 4 is 17.4 Å². The van der Waals surface area contributed by atoms with Gasteiger partial charge < -0.3 is 15.4 Å². The zero-order chi connectivity index (χ0) is 15.9. The summed E-state index contributed by atoms with van der Waals surface area (Å²) >= 11 is 1.58. The molecular formula is C16H21N3O2S. The van der Waals surface area contributed by atoms with Crippen LogP contribution in [0.15, 0.2) is 30.5 Å². The number of hydrogen-bond acceptors (Lipinski definition) is 4. The summed E-state index contributed by atoms with van der Waals surface area (Å²) < 4.78 is 5.64. The molecule has 22 heavy (non-hydrogen) atoms. The third kappa shape index (κ3) is 5.37. The van der Waals surface area contributed by atoms with Crippen LogP contribution in [0.5, 0.6) is 5.75 Å². The molecule has 1 atom stereocenters. The van der Waals surface area contributed by atoms with Crippen LogP contribution in [0.3, 0.4) is 0 Å². The number of benzene rings is 1. The molecule has 0 saturated heterocycles. The minimum atomic E-state index is -0.215. The van der Waals surface area contributed by atoms with Gasteiger partial charge in [0.15, 0.2) is 0 Å². The van der Waals surface area contributed by atoms with Crippen molar-refractivity contribution in [1.82, 2.24) is 15.6 Å². The van der Waals surface area contributed by atoms with Gasteiger partial charge in [-0.15, -0.1) is 11.3 Å². The Kier molecular flexibility index (Phi) is 5.77. The lowest BCUT2D eigenvalue weighted by atomic mass is 10.2. The van der Waals surface area contributed by atoms with E-state index < -0.39 is 0 Å². The number of aryl methyl sites for hydroxylation is 2. The maximum atomic E-state index is 11.8. The fourth-order valence-corrected chi connectivity index (χ4v) is 2.54. The van der Waals surface area contributed by atoms with Gasteiger partial charge in [0.25, 0.3) is 0 Å². The molecule has 0 unspecified atom stereocenters. The van der Waals surface area contributed by atoms with Gasteiger partial charge in [-0.25, -0.2) is 9.78 Å². The van der Waals surface area contributed by atoms with E-state index in [-0.39, 0.29) is 12.1 Å². The van der Waals surface area contributed by atoms with Crippen LogP contribution in [0.25, 0.3) is 0 Å². The van der Waals surface area contributed by atoms with E-state index in [0.29, 0.717) is 13.2 Å². The maximum Gasteiger partial charge on any atom is 0.315 e. The molecule has 118 valence electrons. The molecule has 0 aliphatic carbocycles. The molecule has 0 saturated carbocycles. The number of urea groups is 1. The lowest BCUT2D eigenvalue weighted by molar-refractivity contribution is 0.226. The van der Waals surface area contributed by atoms with Gasteiger partial charge in [-0.3, -0.25) is 0 Å².